The number of hydrogen-bond acceptors (Lipinski definition) is 6. The highest BCUT2D eigenvalue weighted by Gasteiger charge is 2.30. The van der Waals surface area contributed by atoms with Crippen LogP contribution in [0.2, 0.25) is 0 Å². The van der Waals surface area contributed by atoms with Gasteiger partial charge in [0, 0.05) is 16.9 Å². The number of sulfonamides is 1. The summed E-state index contributed by atoms with van der Waals surface area (Å²) in [7, 11) is -3.97. The molecule has 0 aliphatic heterocycles. The Hall–Kier alpha value is -3.05. The smallest absolute Gasteiger partial charge is 0.271 e. The van der Waals surface area contributed by atoms with Gasteiger partial charge in [0.25, 0.3) is 10.0 Å². The Bertz CT molecular complexity index is 1280. The van der Waals surface area contributed by atoms with Crippen molar-refractivity contribution in [3.05, 3.63) is 58.3 Å². The van der Waals surface area contributed by atoms with Crippen LogP contribution in [0.3, 0.4) is 0 Å². The number of anilines is 2. The van der Waals surface area contributed by atoms with Gasteiger partial charge in [0.05, 0.1) is 5.69 Å². The van der Waals surface area contributed by atoms with E-state index >= 15 is 0 Å². The van der Waals surface area contributed by atoms with Crippen molar-refractivity contribution in [1.29, 1.82) is 0 Å². The van der Waals surface area contributed by atoms with E-state index in [-0.39, 0.29) is 21.7 Å². The largest absolute Gasteiger partial charge is 0.354 e. The molecule has 11 heteroatoms. The Morgan fingerprint density at radius 1 is 1.19 bits per heavy atom. The number of nitrogens with zero attached hydrogens (tertiary/aromatic N) is 1. The molecule has 0 atom stereocenters. The van der Waals surface area contributed by atoms with E-state index in [0.29, 0.717) is 22.0 Å². The number of nitrogens with one attached hydrogen (secondary N) is 2. The predicted octanol–water partition coefficient (Wildman–Crippen LogP) is 4.64. The van der Waals surface area contributed by atoms with Crippen LogP contribution < -0.4 is 10.0 Å². The highest BCUT2D eigenvalue weighted by Crippen LogP contribution is 2.32. The van der Waals surface area contributed by atoms with Gasteiger partial charge in [-0.3, -0.25) is 9.52 Å². The highest BCUT2D eigenvalue weighted by atomic mass is 32.2. The Kier molecular flexibility index (Phi) is 5.63. The minimum absolute atomic E-state index is 0.00658. The summed E-state index contributed by atoms with van der Waals surface area (Å²) in [5.41, 5.74) is 0.939. The lowest BCUT2D eigenvalue weighted by atomic mass is 10.2. The van der Waals surface area contributed by atoms with Gasteiger partial charge in [0.15, 0.2) is 17.4 Å². The third kappa shape index (κ3) is 4.83. The number of carbonyl (C=O) groups is 1. The normalized spacial score (nSPS) is 14.2. The number of carbonyl (C=O) groups excluding carboxylic acids is 1. The van der Waals surface area contributed by atoms with E-state index in [1.165, 1.54) is 6.07 Å². The number of aromatic nitrogens is 1. The SMILES string of the molecule is Cc1noc(/C=C/c2ccc(S(=O)(=O)Nc3ccc(F)c(F)c3)s2)c1NC(=O)C1CC1. The third-order valence-corrected chi connectivity index (χ3v) is 7.45. The van der Waals surface area contributed by atoms with Crippen LogP contribution in [-0.4, -0.2) is 19.5 Å². The minimum atomic E-state index is -3.97. The fourth-order valence-corrected chi connectivity index (χ4v) is 4.99. The predicted molar refractivity (Wildman–Crippen MR) is 113 cm³/mol. The van der Waals surface area contributed by atoms with E-state index in [0.717, 1.165) is 42.4 Å². The topological polar surface area (TPSA) is 101 Å². The number of amides is 1. The van der Waals surface area contributed by atoms with E-state index in [2.05, 4.69) is 15.2 Å². The molecule has 0 unspecified atom stereocenters. The molecule has 4 rings (SSSR count). The number of halogens is 2. The molecule has 0 radical (unpaired) electrons. The van der Waals surface area contributed by atoms with Crippen molar-refractivity contribution in [2.75, 3.05) is 10.0 Å². The fraction of sp³-hybridized carbons (Fsp3) is 0.200. The lowest BCUT2D eigenvalue weighted by molar-refractivity contribution is -0.117. The van der Waals surface area contributed by atoms with Gasteiger partial charge >= 0.3 is 0 Å². The van der Waals surface area contributed by atoms with Gasteiger partial charge in [-0.15, -0.1) is 11.3 Å². The van der Waals surface area contributed by atoms with Gasteiger partial charge in [-0.2, -0.15) is 0 Å². The van der Waals surface area contributed by atoms with E-state index in [4.69, 9.17) is 4.52 Å². The summed E-state index contributed by atoms with van der Waals surface area (Å²) >= 11 is 0.973. The number of thiophene rings is 1. The molecule has 0 saturated heterocycles. The molecule has 162 valence electrons. The van der Waals surface area contributed by atoms with Crippen molar-refractivity contribution in [1.82, 2.24) is 5.16 Å². The van der Waals surface area contributed by atoms with Gasteiger partial charge in [-0.05, 0) is 56.2 Å². The van der Waals surface area contributed by atoms with Crippen LogP contribution in [0.4, 0.5) is 20.2 Å². The Morgan fingerprint density at radius 2 is 1.97 bits per heavy atom. The lowest BCUT2D eigenvalue weighted by Gasteiger charge is -2.06. The quantitative estimate of drug-likeness (QED) is 0.529. The lowest BCUT2D eigenvalue weighted by Crippen LogP contribution is -2.14. The van der Waals surface area contributed by atoms with Crippen molar-refractivity contribution in [3.63, 3.8) is 0 Å². The molecule has 0 spiro atoms. The van der Waals surface area contributed by atoms with Crippen molar-refractivity contribution in [2.24, 2.45) is 5.92 Å². The van der Waals surface area contributed by atoms with Gasteiger partial charge in [-0.1, -0.05) is 5.16 Å². The maximum absolute atomic E-state index is 13.3. The van der Waals surface area contributed by atoms with Gasteiger partial charge in [0.1, 0.15) is 15.6 Å². The van der Waals surface area contributed by atoms with Crippen LogP contribution in [0.1, 0.15) is 29.2 Å². The van der Waals surface area contributed by atoms with Crippen molar-refractivity contribution in [3.8, 4) is 0 Å². The summed E-state index contributed by atoms with van der Waals surface area (Å²) in [5, 5.41) is 6.68. The minimum Gasteiger partial charge on any atom is -0.354 e. The van der Waals surface area contributed by atoms with Crippen molar-refractivity contribution in [2.45, 2.75) is 24.0 Å². The molecule has 31 heavy (non-hydrogen) atoms. The summed E-state index contributed by atoms with van der Waals surface area (Å²) in [6.45, 7) is 1.71. The van der Waals surface area contributed by atoms with Crippen molar-refractivity contribution >= 4 is 50.8 Å². The van der Waals surface area contributed by atoms with Crippen LogP contribution in [-0.2, 0) is 14.8 Å². The van der Waals surface area contributed by atoms with E-state index < -0.39 is 21.7 Å². The van der Waals surface area contributed by atoms with Crippen LogP contribution in [0.15, 0.2) is 39.1 Å². The highest BCUT2D eigenvalue weighted by molar-refractivity contribution is 7.94. The van der Waals surface area contributed by atoms with Crippen LogP contribution >= 0.6 is 11.3 Å². The summed E-state index contributed by atoms with van der Waals surface area (Å²) in [5.74, 6) is -1.92. The zero-order valence-electron chi connectivity index (χ0n) is 16.2. The number of rotatable bonds is 7. The maximum Gasteiger partial charge on any atom is 0.271 e. The zero-order chi connectivity index (χ0) is 22.2. The molecule has 1 aromatic carbocycles. The van der Waals surface area contributed by atoms with E-state index in [9.17, 15) is 22.0 Å². The molecule has 2 N–H and O–H groups in total. The summed E-state index contributed by atoms with van der Waals surface area (Å²) in [4.78, 5) is 12.6. The molecule has 1 amide bonds. The monoisotopic (exact) mass is 465 g/mol. The average molecular weight is 466 g/mol. The number of hydrogen-bond donors (Lipinski definition) is 2. The summed E-state index contributed by atoms with van der Waals surface area (Å²) in [6, 6.07) is 5.73. The van der Waals surface area contributed by atoms with Gasteiger partial charge in [-0.25, -0.2) is 17.2 Å². The Balaban J connectivity index is 1.49. The number of aryl methyl sites for hydroxylation is 1. The van der Waals surface area contributed by atoms with Gasteiger partial charge < -0.3 is 9.84 Å². The molecule has 2 heterocycles. The molecular weight excluding hydrogens is 448 g/mol. The Morgan fingerprint density at radius 3 is 2.68 bits per heavy atom. The molecule has 0 bridgehead atoms. The molecule has 2 aromatic heterocycles. The molecule has 1 aliphatic rings. The molecule has 3 aromatic rings. The van der Waals surface area contributed by atoms with E-state index in [1.807, 2.05) is 0 Å². The first-order valence-corrected chi connectivity index (χ1v) is 11.6. The summed E-state index contributed by atoms with van der Waals surface area (Å²) < 4.78 is 58.9. The second-order valence-corrected chi connectivity index (χ2v) is 10.0. The van der Waals surface area contributed by atoms with Gasteiger partial charge in [0.2, 0.25) is 5.91 Å². The first-order chi connectivity index (χ1) is 14.7. The third-order valence-electron chi connectivity index (χ3n) is 4.52. The average Bonchev–Trinajstić information content (AvgIpc) is 3.36. The van der Waals surface area contributed by atoms with E-state index in [1.54, 1.807) is 25.1 Å². The Labute approximate surface area is 180 Å². The first kappa shape index (κ1) is 21.2. The first-order valence-electron chi connectivity index (χ1n) is 9.26. The van der Waals surface area contributed by atoms with Crippen LogP contribution in [0.5, 0.6) is 0 Å². The standard InChI is InChI=1S/C20H17F2N3O4S2/c1-11-19(23-20(26)12-2-3-12)17(29-24-11)8-5-14-6-9-18(30-14)31(27,28)25-13-4-7-15(21)16(22)10-13/h4-10,12,25H,2-3H2,1H3,(H,23,26)/b8-5+. The molecular formula is C20H17F2N3O4S2. The number of benzene rings is 1. The molecule has 1 fully saturated rings. The van der Waals surface area contributed by atoms with Crippen LogP contribution in [0.25, 0.3) is 12.2 Å². The summed E-state index contributed by atoms with van der Waals surface area (Å²) in [6.07, 6.45) is 4.96. The fourth-order valence-electron chi connectivity index (χ4n) is 2.72. The van der Waals surface area contributed by atoms with Crippen LogP contribution in [0, 0.1) is 24.5 Å². The molecule has 1 aliphatic carbocycles. The zero-order valence-corrected chi connectivity index (χ0v) is 17.8. The molecule has 7 nitrogen and oxygen atoms in total. The second-order valence-electron chi connectivity index (χ2n) is 7.00. The maximum atomic E-state index is 13.3. The van der Waals surface area contributed by atoms with Crippen molar-refractivity contribution < 1.29 is 26.5 Å². The second kappa shape index (κ2) is 8.23. The molecule has 1 saturated carbocycles.